The van der Waals surface area contributed by atoms with Crippen LogP contribution in [-0.2, 0) is 0 Å². The molecule has 0 aliphatic heterocycles. The van der Waals surface area contributed by atoms with Crippen LogP contribution in [0.2, 0.25) is 0 Å². The molecular formula is C13H20N6. The maximum absolute atomic E-state index is 5.71. The molecule has 0 saturated heterocycles. The molecule has 102 valence electrons. The van der Waals surface area contributed by atoms with E-state index in [1.807, 2.05) is 50.2 Å². The molecule has 0 aromatic carbocycles. The standard InChI is InChI=1S/C13H20N6/c1-13(2,8-14)18-10-7-12(17-9-16-10)19(3)11-5-4-6-15-11/h4-7,9,15H,8,14H2,1-3H3,(H,16,17,18). The van der Waals surface area contributed by atoms with Crippen molar-refractivity contribution in [2.75, 3.05) is 23.8 Å². The highest BCUT2D eigenvalue weighted by Gasteiger charge is 2.16. The van der Waals surface area contributed by atoms with Gasteiger partial charge in [-0.3, -0.25) is 0 Å². The fourth-order valence-electron chi connectivity index (χ4n) is 1.65. The van der Waals surface area contributed by atoms with E-state index in [-0.39, 0.29) is 5.54 Å². The fourth-order valence-corrected chi connectivity index (χ4v) is 1.65. The summed E-state index contributed by atoms with van der Waals surface area (Å²) >= 11 is 0. The Morgan fingerprint density at radius 2 is 2.21 bits per heavy atom. The van der Waals surface area contributed by atoms with Crippen molar-refractivity contribution in [3.63, 3.8) is 0 Å². The Hall–Kier alpha value is -2.08. The predicted molar refractivity (Wildman–Crippen MR) is 77.6 cm³/mol. The number of nitrogens with one attached hydrogen (secondary N) is 2. The van der Waals surface area contributed by atoms with E-state index in [0.29, 0.717) is 6.54 Å². The highest BCUT2D eigenvalue weighted by atomic mass is 15.2. The van der Waals surface area contributed by atoms with Gasteiger partial charge in [-0.2, -0.15) is 0 Å². The molecule has 2 heterocycles. The lowest BCUT2D eigenvalue weighted by atomic mass is 10.1. The molecule has 2 aromatic rings. The van der Waals surface area contributed by atoms with Gasteiger partial charge in [0, 0.05) is 31.4 Å². The summed E-state index contributed by atoms with van der Waals surface area (Å²) in [6.45, 7) is 4.59. The van der Waals surface area contributed by atoms with Crippen LogP contribution in [0.1, 0.15) is 13.8 Å². The number of nitrogens with two attached hydrogens (primary N) is 1. The quantitative estimate of drug-likeness (QED) is 0.762. The van der Waals surface area contributed by atoms with Crippen molar-refractivity contribution in [1.29, 1.82) is 0 Å². The largest absolute Gasteiger partial charge is 0.364 e. The fraction of sp³-hybridized carbons (Fsp3) is 0.385. The van der Waals surface area contributed by atoms with E-state index < -0.39 is 0 Å². The Morgan fingerprint density at radius 1 is 1.42 bits per heavy atom. The summed E-state index contributed by atoms with van der Waals surface area (Å²) in [4.78, 5) is 13.6. The van der Waals surface area contributed by atoms with E-state index in [1.165, 1.54) is 0 Å². The van der Waals surface area contributed by atoms with Crippen LogP contribution in [0.15, 0.2) is 30.7 Å². The number of H-pyrrole nitrogens is 1. The summed E-state index contributed by atoms with van der Waals surface area (Å²) < 4.78 is 0. The van der Waals surface area contributed by atoms with Crippen LogP contribution in [0.4, 0.5) is 17.5 Å². The van der Waals surface area contributed by atoms with Crippen molar-refractivity contribution in [3.8, 4) is 0 Å². The molecule has 0 radical (unpaired) electrons. The average Bonchev–Trinajstić information content (AvgIpc) is 2.91. The Bertz CT molecular complexity index is 520. The third kappa shape index (κ3) is 3.23. The first kappa shape index (κ1) is 13.4. The molecule has 2 rings (SSSR count). The van der Waals surface area contributed by atoms with E-state index in [0.717, 1.165) is 17.5 Å². The highest BCUT2D eigenvalue weighted by Crippen LogP contribution is 2.21. The Balaban J connectivity index is 2.20. The third-order valence-corrected chi connectivity index (χ3v) is 2.92. The van der Waals surface area contributed by atoms with Gasteiger partial charge in [-0.25, -0.2) is 9.97 Å². The van der Waals surface area contributed by atoms with Gasteiger partial charge in [-0.15, -0.1) is 0 Å². The Labute approximate surface area is 113 Å². The number of rotatable bonds is 5. The maximum Gasteiger partial charge on any atom is 0.139 e. The van der Waals surface area contributed by atoms with Crippen molar-refractivity contribution >= 4 is 17.5 Å². The minimum Gasteiger partial charge on any atom is -0.364 e. The zero-order valence-electron chi connectivity index (χ0n) is 11.5. The number of aromatic nitrogens is 3. The lowest BCUT2D eigenvalue weighted by molar-refractivity contribution is 0.577. The molecule has 0 atom stereocenters. The van der Waals surface area contributed by atoms with Crippen LogP contribution in [0.25, 0.3) is 0 Å². The zero-order chi connectivity index (χ0) is 13.9. The second-order valence-electron chi connectivity index (χ2n) is 5.09. The van der Waals surface area contributed by atoms with Gasteiger partial charge in [0.25, 0.3) is 0 Å². The molecule has 0 unspecified atom stereocenters. The van der Waals surface area contributed by atoms with E-state index in [2.05, 4.69) is 20.3 Å². The molecule has 0 bridgehead atoms. The van der Waals surface area contributed by atoms with Gasteiger partial charge >= 0.3 is 0 Å². The normalized spacial score (nSPS) is 11.4. The molecule has 0 spiro atoms. The molecule has 6 heteroatoms. The summed E-state index contributed by atoms with van der Waals surface area (Å²) in [5.41, 5.74) is 5.51. The number of aromatic amines is 1. The lowest BCUT2D eigenvalue weighted by Crippen LogP contribution is -2.39. The number of hydrogen-bond acceptors (Lipinski definition) is 5. The topological polar surface area (TPSA) is 82.9 Å². The summed E-state index contributed by atoms with van der Waals surface area (Å²) in [7, 11) is 1.95. The van der Waals surface area contributed by atoms with Crippen LogP contribution in [0.5, 0.6) is 0 Å². The predicted octanol–water partition coefficient (Wildman–Crippen LogP) is 1.72. The first-order chi connectivity index (χ1) is 9.02. The zero-order valence-corrected chi connectivity index (χ0v) is 11.5. The van der Waals surface area contributed by atoms with Crippen molar-refractivity contribution in [2.45, 2.75) is 19.4 Å². The van der Waals surface area contributed by atoms with Gasteiger partial charge in [0.2, 0.25) is 0 Å². The van der Waals surface area contributed by atoms with Crippen molar-refractivity contribution in [3.05, 3.63) is 30.7 Å². The van der Waals surface area contributed by atoms with Gasteiger partial charge in [-0.05, 0) is 26.0 Å². The molecule has 0 aliphatic rings. The second kappa shape index (κ2) is 5.27. The molecule has 0 fully saturated rings. The van der Waals surface area contributed by atoms with E-state index in [9.17, 15) is 0 Å². The van der Waals surface area contributed by atoms with Gasteiger partial charge in [0.1, 0.15) is 23.8 Å². The van der Waals surface area contributed by atoms with E-state index in [4.69, 9.17) is 5.73 Å². The minimum atomic E-state index is -0.198. The summed E-state index contributed by atoms with van der Waals surface area (Å²) in [6.07, 6.45) is 3.42. The summed E-state index contributed by atoms with van der Waals surface area (Å²) in [5.74, 6) is 2.55. The maximum atomic E-state index is 5.71. The first-order valence-corrected chi connectivity index (χ1v) is 6.19. The van der Waals surface area contributed by atoms with Crippen molar-refractivity contribution in [1.82, 2.24) is 15.0 Å². The van der Waals surface area contributed by atoms with E-state index in [1.54, 1.807) is 6.33 Å². The first-order valence-electron chi connectivity index (χ1n) is 6.19. The molecule has 0 saturated carbocycles. The SMILES string of the molecule is CN(c1cc(NC(C)(C)CN)ncn1)c1ccc[nH]1. The minimum absolute atomic E-state index is 0.198. The van der Waals surface area contributed by atoms with Crippen LogP contribution < -0.4 is 16.0 Å². The molecule has 0 aliphatic carbocycles. The number of nitrogens with zero attached hydrogens (tertiary/aromatic N) is 3. The summed E-state index contributed by atoms with van der Waals surface area (Å²) in [5, 5.41) is 3.30. The van der Waals surface area contributed by atoms with E-state index >= 15 is 0 Å². The van der Waals surface area contributed by atoms with Gasteiger partial charge in [0.15, 0.2) is 0 Å². The monoisotopic (exact) mass is 260 g/mol. The average molecular weight is 260 g/mol. The van der Waals surface area contributed by atoms with Crippen LogP contribution >= 0.6 is 0 Å². The van der Waals surface area contributed by atoms with Crippen molar-refractivity contribution < 1.29 is 0 Å². The molecule has 0 amide bonds. The smallest absolute Gasteiger partial charge is 0.139 e. The molecule has 4 N–H and O–H groups in total. The van der Waals surface area contributed by atoms with Gasteiger partial charge in [0.05, 0.1) is 0 Å². The summed E-state index contributed by atoms with van der Waals surface area (Å²) in [6, 6.07) is 5.83. The van der Waals surface area contributed by atoms with Gasteiger partial charge in [-0.1, -0.05) is 0 Å². The Morgan fingerprint density at radius 3 is 2.84 bits per heavy atom. The second-order valence-corrected chi connectivity index (χ2v) is 5.09. The number of hydrogen-bond donors (Lipinski definition) is 3. The lowest BCUT2D eigenvalue weighted by Gasteiger charge is -2.25. The Kier molecular flexibility index (Phi) is 3.71. The van der Waals surface area contributed by atoms with Crippen LogP contribution in [0.3, 0.4) is 0 Å². The molecule has 19 heavy (non-hydrogen) atoms. The highest BCUT2D eigenvalue weighted by molar-refractivity contribution is 5.58. The van der Waals surface area contributed by atoms with Gasteiger partial charge < -0.3 is 20.9 Å². The third-order valence-electron chi connectivity index (χ3n) is 2.92. The van der Waals surface area contributed by atoms with Crippen molar-refractivity contribution in [2.24, 2.45) is 5.73 Å². The van der Waals surface area contributed by atoms with Crippen LogP contribution in [0, 0.1) is 0 Å². The molecular weight excluding hydrogens is 240 g/mol. The molecule has 6 nitrogen and oxygen atoms in total. The number of anilines is 3. The van der Waals surface area contributed by atoms with Crippen LogP contribution in [-0.4, -0.2) is 34.1 Å². The molecule has 2 aromatic heterocycles.